The minimum absolute atomic E-state index is 0.222. The molecule has 17 heavy (non-hydrogen) atoms. The fourth-order valence-corrected chi connectivity index (χ4v) is 2.42. The molecule has 3 rings (SSSR count). The van der Waals surface area contributed by atoms with Gasteiger partial charge in [0.25, 0.3) is 0 Å². The van der Waals surface area contributed by atoms with Crippen molar-refractivity contribution >= 4 is 5.78 Å². The zero-order valence-corrected chi connectivity index (χ0v) is 9.94. The highest BCUT2D eigenvalue weighted by Crippen LogP contribution is 2.49. The van der Waals surface area contributed by atoms with Gasteiger partial charge >= 0.3 is 0 Å². The van der Waals surface area contributed by atoms with Crippen LogP contribution in [0, 0.1) is 5.92 Å². The van der Waals surface area contributed by atoms with E-state index in [4.69, 9.17) is 9.47 Å². The summed E-state index contributed by atoms with van der Waals surface area (Å²) in [7, 11) is 0. The molecule has 0 aromatic heterocycles. The Morgan fingerprint density at radius 2 is 2.00 bits per heavy atom. The number of hydrogen-bond acceptors (Lipinski definition) is 3. The number of carbonyl (C=O) groups is 1. The summed E-state index contributed by atoms with van der Waals surface area (Å²) < 4.78 is 11.2. The quantitative estimate of drug-likeness (QED) is 0.786. The molecule has 3 heteroatoms. The molecule has 3 nitrogen and oxygen atoms in total. The van der Waals surface area contributed by atoms with Crippen LogP contribution in [0.4, 0.5) is 0 Å². The number of fused-ring (bicyclic) bond motifs is 1. The summed E-state index contributed by atoms with van der Waals surface area (Å²) in [6.45, 7) is 3.09. The molecule has 1 aliphatic carbocycles. The van der Waals surface area contributed by atoms with Crippen LogP contribution in [0.3, 0.4) is 0 Å². The number of Topliss-reactive ketones (excluding diaryl/α,β-unsaturated/α-hetero) is 1. The highest BCUT2D eigenvalue weighted by molar-refractivity contribution is 5.82. The normalized spacial score (nSPS) is 26.2. The van der Waals surface area contributed by atoms with Gasteiger partial charge in [0.1, 0.15) is 5.78 Å². The maximum atomic E-state index is 11.3. The van der Waals surface area contributed by atoms with E-state index in [2.05, 4.69) is 6.07 Å². The van der Waals surface area contributed by atoms with Gasteiger partial charge in [-0.2, -0.15) is 0 Å². The Balaban J connectivity index is 1.84. The number of benzene rings is 1. The molecule has 2 unspecified atom stereocenters. The third kappa shape index (κ3) is 2.02. The van der Waals surface area contributed by atoms with Crippen molar-refractivity contribution in [3.05, 3.63) is 23.8 Å². The topological polar surface area (TPSA) is 35.5 Å². The first kappa shape index (κ1) is 10.6. The molecule has 0 radical (unpaired) electrons. The summed E-state index contributed by atoms with van der Waals surface area (Å²) >= 11 is 0. The van der Waals surface area contributed by atoms with Crippen molar-refractivity contribution in [2.75, 3.05) is 13.2 Å². The second kappa shape index (κ2) is 4.06. The number of rotatable bonds is 2. The van der Waals surface area contributed by atoms with Crippen LogP contribution in [0.15, 0.2) is 18.2 Å². The van der Waals surface area contributed by atoms with Crippen LogP contribution in [-0.4, -0.2) is 19.0 Å². The maximum absolute atomic E-state index is 11.3. The molecule has 1 aromatic carbocycles. The van der Waals surface area contributed by atoms with Crippen molar-refractivity contribution < 1.29 is 14.3 Å². The highest BCUT2D eigenvalue weighted by Gasteiger charge is 2.41. The Kier molecular flexibility index (Phi) is 2.54. The van der Waals surface area contributed by atoms with E-state index in [1.54, 1.807) is 6.92 Å². The number of carbonyl (C=O) groups excluding carboxylic acids is 1. The Hall–Kier alpha value is -1.51. The fourth-order valence-electron chi connectivity index (χ4n) is 2.42. The van der Waals surface area contributed by atoms with Gasteiger partial charge in [-0.1, -0.05) is 6.07 Å². The van der Waals surface area contributed by atoms with Gasteiger partial charge in [0.15, 0.2) is 11.5 Å². The molecule has 90 valence electrons. The summed E-state index contributed by atoms with van der Waals surface area (Å²) in [5.41, 5.74) is 1.20. The SMILES string of the molecule is CC(=O)C1CC1c1ccc2c(c1)OCCCO2. The molecule has 1 aliphatic heterocycles. The zero-order chi connectivity index (χ0) is 11.8. The molecule has 0 N–H and O–H groups in total. The van der Waals surface area contributed by atoms with Gasteiger partial charge in [0.2, 0.25) is 0 Å². The summed E-state index contributed by atoms with van der Waals surface area (Å²) in [6, 6.07) is 6.06. The summed E-state index contributed by atoms with van der Waals surface area (Å²) in [4.78, 5) is 11.3. The van der Waals surface area contributed by atoms with Crippen LogP contribution in [0.2, 0.25) is 0 Å². The number of ketones is 1. The van der Waals surface area contributed by atoms with Crippen LogP contribution >= 0.6 is 0 Å². The second-order valence-electron chi connectivity index (χ2n) is 4.82. The predicted octanol–water partition coefficient (Wildman–Crippen LogP) is 2.54. The van der Waals surface area contributed by atoms with Gasteiger partial charge in [-0.3, -0.25) is 4.79 Å². The summed E-state index contributed by atoms with van der Waals surface area (Å²) in [6.07, 6.45) is 1.90. The first-order valence-electron chi connectivity index (χ1n) is 6.15. The Morgan fingerprint density at radius 3 is 2.71 bits per heavy atom. The lowest BCUT2D eigenvalue weighted by Crippen LogP contribution is -1.97. The van der Waals surface area contributed by atoms with Gasteiger partial charge in [-0.15, -0.1) is 0 Å². The average Bonchev–Trinajstić information content (AvgIpc) is 3.12. The van der Waals surface area contributed by atoms with E-state index in [1.165, 1.54) is 5.56 Å². The van der Waals surface area contributed by atoms with Gasteiger partial charge < -0.3 is 9.47 Å². The Labute approximate surface area is 101 Å². The van der Waals surface area contributed by atoms with Crippen molar-refractivity contribution in [3.8, 4) is 11.5 Å². The lowest BCUT2D eigenvalue weighted by Gasteiger charge is -2.08. The van der Waals surface area contributed by atoms with Crippen molar-refractivity contribution in [1.82, 2.24) is 0 Å². The first-order valence-corrected chi connectivity index (χ1v) is 6.15. The smallest absolute Gasteiger partial charge is 0.161 e. The highest BCUT2D eigenvalue weighted by atomic mass is 16.5. The predicted molar refractivity (Wildman–Crippen MR) is 63.6 cm³/mol. The monoisotopic (exact) mass is 232 g/mol. The molecule has 0 spiro atoms. The standard InChI is InChI=1S/C14H16O3/c1-9(15)11-8-12(11)10-3-4-13-14(7-10)17-6-2-5-16-13/h3-4,7,11-12H,2,5-6,8H2,1H3. The Bertz CT molecular complexity index is 453. The molecule has 0 bridgehead atoms. The molecular weight excluding hydrogens is 216 g/mol. The third-order valence-electron chi connectivity index (χ3n) is 3.51. The second-order valence-corrected chi connectivity index (χ2v) is 4.82. The van der Waals surface area contributed by atoms with Crippen LogP contribution < -0.4 is 9.47 Å². The first-order chi connectivity index (χ1) is 8.25. The fraction of sp³-hybridized carbons (Fsp3) is 0.500. The van der Waals surface area contributed by atoms with Gasteiger partial charge in [0, 0.05) is 12.3 Å². The molecule has 1 saturated carbocycles. The molecule has 1 fully saturated rings. The molecule has 0 saturated heterocycles. The third-order valence-corrected chi connectivity index (χ3v) is 3.51. The van der Waals surface area contributed by atoms with E-state index < -0.39 is 0 Å². The van der Waals surface area contributed by atoms with Crippen LogP contribution in [0.1, 0.15) is 31.2 Å². The van der Waals surface area contributed by atoms with Crippen LogP contribution in [0.5, 0.6) is 11.5 Å². The largest absolute Gasteiger partial charge is 0.490 e. The molecule has 2 aliphatic rings. The maximum Gasteiger partial charge on any atom is 0.161 e. The van der Waals surface area contributed by atoms with E-state index in [0.29, 0.717) is 24.9 Å². The lowest BCUT2D eigenvalue weighted by molar-refractivity contribution is -0.118. The number of ether oxygens (including phenoxy) is 2. The molecular formula is C14H16O3. The molecule has 1 heterocycles. The molecule has 2 atom stereocenters. The van der Waals surface area contributed by atoms with Crippen LogP contribution in [-0.2, 0) is 4.79 Å². The number of hydrogen-bond donors (Lipinski definition) is 0. The van der Waals surface area contributed by atoms with Crippen molar-refractivity contribution in [3.63, 3.8) is 0 Å². The van der Waals surface area contributed by atoms with Gasteiger partial charge in [-0.05, 0) is 37.0 Å². The van der Waals surface area contributed by atoms with Crippen molar-refractivity contribution in [2.24, 2.45) is 5.92 Å². The minimum Gasteiger partial charge on any atom is -0.490 e. The lowest BCUT2D eigenvalue weighted by atomic mass is 10.1. The van der Waals surface area contributed by atoms with E-state index in [0.717, 1.165) is 24.3 Å². The van der Waals surface area contributed by atoms with E-state index in [1.807, 2.05) is 12.1 Å². The van der Waals surface area contributed by atoms with E-state index >= 15 is 0 Å². The van der Waals surface area contributed by atoms with E-state index in [9.17, 15) is 4.79 Å². The summed E-state index contributed by atoms with van der Waals surface area (Å²) in [5.74, 6) is 2.56. The van der Waals surface area contributed by atoms with Crippen LogP contribution in [0.25, 0.3) is 0 Å². The zero-order valence-electron chi connectivity index (χ0n) is 9.94. The Morgan fingerprint density at radius 1 is 1.24 bits per heavy atom. The van der Waals surface area contributed by atoms with Crippen molar-refractivity contribution in [1.29, 1.82) is 0 Å². The summed E-state index contributed by atoms with van der Waals surface area (Å²) in [5, 5.41) is 0. The van der Waals surface area contributed by atoms with E-state index in [-0.39, 0.29) is 5.92 Å². The van der Waals surface area contributed by atoms with Gasteiger partial charge in [-0.25, -0.2) is 0 Å². The molecule has 1 aromatic rings. The van der Waals surface area contributed by atoms with Crippen molar-refractivity contribution in [2.45, 2.75) is 25.7 Å². The minimum atomic E-state index is 0.222. The molecule has 0 amide bonds. The average molecular weight is 232 g/mol. The van der Waals surface area contributed by atoms with Gasteiger partial charge in [0.05, 0.1) is 13.2 Å².